The van der Waals surface area contributed by atoms with Crippen molar-refractivity contribution in [3.8, 4) is 0 Å². The van der Waals surface area contributed by atoms with Gasteiger partial charge in [-0.3, -0.25) is 4.79 Å². The highest BCUT2D eigenvalue weighted by Gasteiger charge is 2.50. The van der Waals surface area contributed by atoms with Crippen LogP contribution in [-0.2, 0) is 28.5 Å². The lowest BCUT2D eigenvalue weighted by Gasteiger charge is -2.45. The number of aliphatic hydroxyl groups excluding tert-OH is 8. The van der Waals surface area contributed by atoms with Crippen LogP contribution in [0.1, 0.15) is 6.42 Å². The van der Waals surface area contributed by atoms with Crippen molar-refractivity contribution in [3.05, 3.63) is 0 Å². The zero-order valence-corrected chi connectivity index (χ0v) is 15.9. The molecule has 0 bridgehead atoms. The fourth-order valence-corrected chi connectivity index (χ4v) is 3.07. The van der Waals surface area contributed by atoms with E-state index in [4.69, 9.17) is 24.1 Å². The number of ether oxygens (including phenoxy) is 4. The first-order valence-corrected chi connectivity index (χ1v) is 9.20. The molecule has 0 radical (unpaired) electrons. The predicted molar refractivity (Wildman–Crippen MR) is 90.8 cm³/mol. The largest absolute Gasteiger partial charge is 0.481 e. The van der Waals surface area contributed by atoms with Gasteiger partial charge < -0.3 is 64.9 Å². The molecule has 0 aromatic rings. The number of carbonyl (C=O) groups is 2. The molecule has 0 saturated carbocycles. The number of aliphatic carboxylic acids is 1. The van der Waals surface area contributed by atoms with Crippen LogP contribution in [0, 0.1) is 0 Å². The summed E-state index contributed by atoms with van der Waals surface area (Å²) in [6, 6.07) is 0. The Bertz CT molecular complexity index is 614. The van der Waals surface area contributed by atoms with Crippen LogP contribution >= 0.6 is 0 Å². The van der Waals surface area contributed by atoms with E-state index in [9.17, 15) is 50.4 Å². The zero-order valence-electron chi connectivity index (χ0n) is 15.9. The lowest BCUT2D eigenvalue weighted by molar-refractivity contribution is -0.355. The van der Waals surface area contributed by atoms with Crippen molar-refractivity contribution in [2.45, 2.75) is 73.9 Å². The number of carboxylic acids is 1. The Morgan fingerprint density at radius 2 is 1.52 bits per heavy atom. The molecule has 0 unspecified atom stereocenters. The van der Waals surface area contributed by atoms with Gasteiger partial charge in [0, 0.05) is 0 Å². The van der Waals surface area contributed by atoms with Gasteiger partial charge >= 0.3 is 11.9 Å². The number of hydrogen-bond donors (Lipinski definition) is 9. The lowest BCUT2D eigenvalue weighted by Crippen LogP contribution is -2.64. The van der Waals surface area contributed by atoms with Crippen molar-refractivity contribution in [2.75, 3.05) is 13.2 Å². The molecule has 0 aliphatic carbocycles. The first-order chi connectivity index (χ1) is 14.5. The maximum absolute atomic E-state index is 11.7. The predicted octanol–water partition coefficient (Wildman–Crippen LogP) is -6.01. The monoisotopic (exact) mass is 458 g/mol. The summed E-state index contributed by atoms with van der Waals surface area (Å²) in [5.41, 5.74) is 0. The minimum absolute atomic E-state index is 0.766. The molecule has 15 heteroatoms. The van der Waals surface area contributed by atoms with Crippen LogP contribution in [0.15, 0.2) is 0 Å². The molecule has 2 aliphatic heterocycles. The normalized spacial score (nSPS) is 42.1. The Balaban J connectivity index is 2.11. The van der Waals surface area contributed by atoms with E-state index in [1.54, 1.807) is 0 Å². The summed E-state index contributed by atoms with van der Waals surface area (Å²) in [7, 11) is 0. The van der Waals surface area contributed by atoms with Gasteiger partial charge in [-0.1, -0.05) is 0 Å². The zero-order chi connectivity index (χ0) is 23.5. The molecule has 0 spiro atoms. The molecule has 2 saturated heterocycles. The summed E-state index contributed by atoms with van der Waals surface area (Å²) >= 11 is 0. The lowest BCUT2D eigenvalue weighted by atomic mass is 9.97. The van der Waals surface area contributed by atoms with E-state index >= 15 is 0 Å². The number of hydrogen-bond acceptors (Lipinski definition) is 14. The van der Waals surface area contributed by atoms with Crippen LogP contribution in [0.25, 0.3) is 0 Å². The minimum Gasteiger partial charge on any atom is -0.481 e. The van der Waals surface area contributed by atoms with Crippen molar-refractivity contribution in [1.82, 2.24) is 0 Å². The average Bonchev–Trinajstić information content (AvgIpc) is 2.72. The number of carbonyl (C=O) groups excluding carboxylic acids is 1. The fourth-order valence-electron chi connectivity index (χ4n) is 3.07. The topological polar surface area (TPSA) is 253 Å². The SMILES string of the molecule is O=C(O)C[C@@H](O)C(=O)OC[C@H]1O[C@H](O)[C@H](O)[C@@H](O)[C@@H]1O[C@H]1O[C@H](CO)[C@@H](O)[C@H](O)[C@H]1O. The van der Waals surface area contributed by atoms with E-state index in [2.05, 4.69) is 0 Å². The number of esters is 1. The molecule has 0 aromatic heterocycles. The van der Waals surface area contributed by atoms with E-state index in [1.165, 1.54) is 0 Å². The van der Waals surface area contributed by atoms with Gasteiger partial charge in [-0.15, -0.1) is 0 Å². The third-order valence-electron chi connectivity index (χ3n) is 4.83. The van der Waals surface area contributed by atoms with E-state index in [-0.39, 0.29) is 0 Å². The van der Waals surface area contributed by atoms with E-state index in [0.29, 0.717) is 0 Å². The van der Waals surface area contributed by atoms with Crippen LogP contribution < -0.4 is 0 Å². The second kappa shape index (κ2) is 10.9. The van der Waals surface area contributed by atoms with E-state index in [1.807, 2.05) is 0 Å². The number of carboxylic acid groups (broad SMARTS) is 1. The Kier molecular flexibility index (Phi) is 9.04. The second-order valence-electron chi connectivity index (χ2n) is 7.09. The van der Waals surface area contributed by atoms with E-state index < -0.39 is 99.1 Å². The molecule has 9 N–H and O–H groups in total. The summed E-state index contributed by atoms with van der Waals surface area (Å²) in [4.78, 5) is 22.2. The van der Waals surface area contributed by atoms with Gasteiger partial charge in [-0.25, -0.2) is 4.79 Å². The van der Waals surface area contributed by atoms with E-state index in [0.717, 1.165) is 0 Å². The quantitative estimate of drug-likeness (QED) is 0.153. The van der Waals surface area contributed by atoms with Crippen molar-refractivity contribution in [3.63, 3.8) is 0 Å². The Morgan fingerprint density at radius 3 is 2.10 bits per heavy atom. The van der Waals surface area contributed by atoms with Crippen LogP contribution in [0.2, 0.25) is 0 Å². The van der Waals surface area contributed by atoms with Crippen LogP contribution in [0.4, 0.5) is 0 Å². The molecule has 180 valence electrons. The third kappa shape index (κ3) is 6.05. The van der Waals surface area contributed by atoms with Gasteiger partial charge in [0.15, 0.2) is 18.7 Å². The molecule has 31 heavy (non-hydrogen) atoms. The Hall–Kier alpha value is -1.50. The average molecular weight is 458 g/mol. The molecule has 2 rings (SSSR count). The van der Waals surface area contributed by atoms with Gasteiger partial charge in [0.1, 0.15) is 55.4 Å². The molecule has 0 aromatic carbocycles. The molecule has 0 amide bonds. The Morgan fingerprint density at radius 1 is 0.871 bits per heavy atom. The summed E-state index contributed by atoms with van der Waals surface area (Å²) < 4.78 is 20.2. The third-order valence-corrected chi connectivity index (χ3v) is 4.83. The van der Waals surface area contributed by atoms with Crippen molar-refractivity contribution in [2.24, 2.45) is 0 Å². The second-order valence-corrected chi connectivity index (χ2v) is 7.09. The maximum atomic E-state index is 11.7. The highest BCUT2D eigenvalue weighted by molar-refractivity contribution is 5.80. The molecule has 15 nitrogen and oxygen atoms in total. The van der Waals surface area contributed by atoms with Crippen LogP contribution in [-0.4, -0.2) is 139 Å². The number of aliphatic hydroxyl groups is 8. The van der Waals surface area contributed by atoms with Crippen molar-refractivity contribution >= 4 is 11.9 Å². The van der Waals surface area contributed by atoms with Crippen molar-refractivity contribution in [1.29, 1.82) is 0 Å². The highest BCUT2D eigenvalue weighted by Crippen LogP contribution is 2.28. The maximum Gasteiger partial charge on any atom is 0.335 e. The summed E-state index contributed by atoms with van der Waals surface area (Å²) in [5.74, 6) is -2.83. The Labute approximate surface area is 174 Å². The smallest absolute Gasteiger partial charge is 0.335 e. The first-order valence-electron chi connectivity index (χ1n) is 9.20. The standard InChI is InChI=1S/C16H26O15/c17-2-5-8(21)9(22)12(25)16(30-5)31-13-6(29-15(27)11(24)10(13)23)3-28-14(26)4(18)1-7(19)20/h4-6,8-13,15-18,21-25,27H,1-3H2,(H,19,20)/t4-,5-,6-,8-,9+,10-,11-,12-,13-,15+,16-/m1/s1. The van der Waals surface area contributed by atoms with Crippen LogP contribution in [0.5, 0.6) is 0 Å². The fraction of sp³-hybridized carbons (Fsp3) is 0.875. The van der Waals surface area contributed by atoms with Crippen LogP contribution in [0.3, 0.4) is 0 Å². The number of rotatable bonds is 8. The molecule has 2 fully saturated rings. The van der Waals surface area contributed by atoms with Crippen molar-refractivity contribution < 1.29 is 74.5 Å². The highest BCUT2D eigenvalue weighted by atomic mass is 16.7. The van der Waals surface area contributed by atoms with Gasteiger partial charge in [0.25, 0.3) is 0 Å². The minimum atomic E-state index is -2.01. The van der Waals surface area contributed by atoms with Gasteiger partial charge in [0.05, 0.1) is 13.0 Å². The first kappa shape index (κ1) is 25.8. The molecule has 2 aliphatic rings. The van der Waals surface area contributed by atoms with Gasteiger partial charge in [-0.05, 0) is 0 Å². The summed E-state index contributed by atoms with van der Waals surface area (Å²) in [6.07, 6.45) is -20.3. The molecule has 2 heterocycles. The van der Waals surface area contributed by atoms with Gasteiger partial charge in [0.2, 0.25) is 0 Å². The molecular formula is C16H26O15. The molecule has 11 atom stereocenters. The van der Waals surface area contributed by atoms with Gasteiger partial charge in [-0.2, -0.15) is 0 Å². The summed E-state index contributed by atoms with van der Waals surface area (Å²) in [5, 5.41) is 86.7. The summed E-state index contributed by atoms with van der Waals surface area (Å²) in [6.45, 7) is -1.56. The molecular weight excluding hydrogens is 432 g/mol.